The summed E-state index contributed by atoms with van der Waals surface area (Å²) >= 11 is 3.39. The van der Waals surface area contributed by atoms with Crippen LogP contribution in [0.4, 0.5) is 11.4 Å². The number of rotatable bonds is 5. The molecule has 0 aliphatic carbocycles. The van der Waals surface area contributed by atoms with E-state index in [1.807, 2.05) is 56.3 Å². The zero-order valence-electron chi connectivity index (χ0n) is 18.6. The third-order valence-electron chi connectivity index (χ3n) is 6.11. The maximum Gasteiger partial charge on any atom is 0.266 e. The number of hydrogen-bond donors (Lipinski definition) is 1. The van der Waals surface area contributed by atoms with Crippen LogP contribution in [0.25, 0.3) is 0 Å². The van der Waals surface area contributed by atoms with Crippen LogP contribution < -0.4 is 14.7 Å². The SMILES string of the molecule is CCOc1cc([C@H]2[C@H]3C(=O)N(c4ccc(C)cc4)C(=O)[C@H]3ON2c2ccccc2)cc(Br)c1O. The Bertz CT molecular complexity index is 1250. The molecule has 0 saturated carbocycles. The van der Waals surface area contributed by atoms with Crippen LogP contribution in [0, 0.1) is 12.8 Å². The van der Waals surface area contributed by atoms with E-state index in [4.69, 9.17) is 9.57 Å². The minimum atomic E-state index is -0.970. The van der Waals surface area contributed by atoms with E-state index in [-0.39, 0.29) is 17.4 Å². The first kappa shape index (κ1) is 22.4. The van der Waals surface area contributed by atoms with Crippen LogP contribution in [0.15, 0.2) is 71.2 Å². The molecule has 0 radical (unpaired) electrons. The monoisotopic (exact) mass is 522 g/mol. The Hall–Kier alpha value is -3.36. The van der Waals surface area contributed by atoms with Crippen LogP contribution in [0.5, 0.6) is 11.5 Å². The van der Waals surface area contributed by atoms with E-state index < -0.39 is 24.0 Å². The van der Waals surface area contributed by atoms with Crippen molar-refractivity contribution in [2.75, 3.05) is 16.6 Å². The lowest BCUT2D eigenvalue weighted by Gasteiger charge is -2.29. The summed E-state index contributed by atoms with van der Waals surface area (Å²) in [5.41, 5.74) is 2.94. The average molecular weight is 523 g/mol. The van der Waals surface area contributed by atoms with Crippen LogP contribution in [0.3, 0.4) is 0 Å². The largest absolute Gasteiger partial charge is 0.503 e. The minimum absolute atomic E-state index is 0.0255. The second-order valence-electron chi connectivity index (χ2n) is 8.29. The standard InChI is InChI=1S/C26H23BrN2O5/c1-3-33-20-14-16(13-19(27)23(20)30)22-21-24(34-29(22)18-7-5-4-6-8-18)26(32)28(25(21)31)17-11-9-15(2)10-12-17/h4-14,21-22,24,30H,3H2,1-2H3/t21-,22+,24+/m1/s1. The maximum atomic E-state index is 13.7. The highest BCUT2D eigenvalue weighted by Gasteiger charge is 2.60. The zero-order chi connectivity index (χ0) is 24.0. The Kier molecular flexibility index (Phi) is 5.79. The fraction of sp³-hybridized carbons (Fsp3) is 0.231. The van der Waals surface area contributed by atoms with E-state index in [0.29, 0.717) is 28.0 Å². The highest BCUT2D eigenvalue weighted by atomic mass is 79.9. The molecule has 2 amide bonds. The van der Waals surface area contributed by atoms with Gasteiger partial charge >= 0.3 is 0 Å². The Morgan fingerprint density at radius 2 is 1.71 bits per heavy atom. The highest BCUT2D eigenvalue weighted by Crippen LogP contribution is 2.49. The minimum Gasteiger partial charge on any atom is -0.503 e. The molecule has 5 rings (SSSR count). The van der Waals surface area contributed by atoms with Gasteiger partial charge in [-0.15, -0.1) is 0 Å². The molecule has 1 N–H and O–H groups in total. The molecule has 3 atom stereocenters. The summed E-state index contributed by atoms with van der Waals surface area (Å²) in [6.07, 6.45) is -0.970. The smallest absolute Gasteiger partial charge is 0.266 e. The van der Waals surface area contributed by atoms with Crippen molar-refractivity contribution >= 4 is 39.1 Å². The van der Waals surface area contributed by atoms with Gasteiger partial charge in [0.15, 0.2) is 17.6 Å². The number of aryl methyl sites for hydroxylation is 1. The molecule has 0 spiro atoms. The molecule has 174 valence electrons. The molecule has 0 bridgehead atoms. The Morgan fingerprint density at radius 1 is 1.00 bits per heavy atom. The van der Waals surface area contributed by atoms with Gasteiger partial charge < -0.3 is 9.84 Å². The van der Waals surface area contributed by atoms with Crippen molar-refractivity contribution in [1.82, 2.24) is 0 Å². The van der Waals surface area contributed by atoms with Gasteiger partial charge in [-0.05, 0) is 71.7 Å². The Balaban J connectivity index is 1.62. The van der Waals surface area contributed by atoms with Crippen LogP contribution in [0.1, 0.15) is 24.1 Å². The summed E-state index contributed by atoms with van der Waals surface area (Å²) in [6, 6.07) is 19.4. The summed E-state index contributed by atoms with van der Waals surface area (Å²) in [5.74, 6) is -1.24. The van der Waals surface area contributed by atoms with Gasteiger partial charge in [0.05, 0.1) is 28.5 Å². The number of nitrogens with zero attached hydrogens (tertiary/aromatic N) is 2. The predicted octanol–water partition coefficient (Wildman–Crippen LogP) is 4.91. The molecule has 2 aliphatic rings. The van der Waals surface area contributed by atoms with E-state index in [2.05, 4.69) is 15.9 Å². The lowest BCUT2D eigenvalue weighted by atomic mass is 9.90. The van der Waals surface area contributed by atoms with Gasteiger partial charge in [0.1, 0.15) is 5.92 Å². The number of phenols is 1. The number of ether oxygens (including phenoxy) is 1. The van der Waals surface area contributed by atoms with Gasteiger partial charge in [-0.2, -0.15) is 0 Å². The first-order valence-corrected chi connectivity index (χ1v) is 11.8. The van der Waals surface area contributed by atoms with Gasteiger partial charge in [0.25, 0.3) is 5.91 Å². The van der Waals surface area contributed by atoms with Crippen molar-refractivity contribution in [2.24, 2.45) is 5.92 Å². The van der Waals surface area contributed by atoms with Crippen LogP contribution in [-0.4, -0.2) is 29.6 Å². The number of para-hydroxylation sites is 1. The second-order valence-corrected chi connectivity index (χ2v) is 9.14. The van der Waals surface area contributed by atoms with Gasteiger partial charge in [-0.1, -0.05) is 35.9 Å². The molecular formula is C26H23BrN2O5. The van der Waals surface area contributed by atoms with E-state index >= 15 is 0 Å². The molecule has 34 heavy (non-hydrogen) atoms. The van der Waals surface area contributed by atoms with Crippen LogP contribution in [-0.2, 0) is 14.4 Å². The van der Waals surface area contributed by atoms with Gasteiger partial charge in [0.2, 0.25) is 5.91 Å². The Labute approximate surface area is 205 Å². The maximum absolute atomic E-state index is 13.7. The van der Waals surface area contributed by atoms with Gasteiger partial charge in [0, 0.05) is 0 Å². The number of phenolic OH excluding ortho intramolecular Hbond substituents is 1. The number of halogens is 1. The quantitative estimate of drug-likeness (QED) is 0.479. The molecule has 3 aromatic rings. The third-order valence-corrected chi connectivity index (χ3v) is 6.71. The summed E-state index contributed by atoms with van der Waals surface area (Å²) in [6.45, 7) is 4.13. The topological polar surface area (TPSA) is 79.3 Å². The number of fused-ring (bicyclic) bond motifs is 1. The van der Waals surface area contributed by atoms with Crippen molar-refractivity contribution in [3.63, 3.8) is 0 Å². The first-order chi connectivity index (χ1) is 16.4. The van der Waals surface area contributed by atoms with Crippen molar-refractivity contribution < 1.29 is 24.3 Å². The number of carbonyl (C=O) groups is 2. The second kappa shape index (κ2) is 8.77. The molecule has 0 aromatic heterocycles. The molecule has 2 heterocycles. The van der Waals surface area contributed by atoms with E-state index in [0.717, 1.165) is 5.56 Å². The molecule has 2 saturated heterocycles. The lowest BCUT2D eigenvalue weighted by molar-refractivity contribution is -0.126. The van der Waals surface area contributed by atoms with Crippen LogP contribution >= 0.6 is 15.9 Å². The number of benzene rings is 3. The van der Waals surface area contributed by atoms with E-state index in [1.54, 1.807) is 29.3 Å². The third kappa shape index (κ3) is 3.63. The molecular weight excluding hydrogens is 500 g/mol. The number of anilines is 2. The van der Waals surface area contributed by atoms with Crippen molar-refractivity contribution in [3.05, 3.63) is 82.3 Å². The first-order valence-electron chi connectivity index (χ1n) is 11.0. The van der Waals surface area contributed by atoms with E-state index in [1.165, 1.54) is 4.90 Å². The summed E-state index contributed by atoms with van der Waals surface area (Å²) in [7, 11) is 0. The normalized spacial score (nSPS) is 21.8. The van der Waals surface area contributed by atoms with Crippen molar-refractivity contribution in [2.45, 2.75) is 26.0 Å². The molecule has 3 aromatic carbocycles. The molecule has 0 unspecified atom stereocenters. The zero-order valence-corrected chi connectivity index (χ0v) is 20.2. The molecule has 7 nitrogen and oxygen atoms in total. The number of amides is 2. The molecule has 2 fully saturated rings. The molecule has 8 heteroatoms. The number of carbonyl (C=O) groups excluding carboxylic acids is 2. The fourth-order valence-corrected chi connectivity index (χ4v) is 4.99. The number of imide groups is 1. The predicted molar refractivity (Wildman–Crippen MR) is 131 cm³/mol. The summed E-state index contributed by atoms with van der Waals surface area (Å²) < 4.78 is 6.05. The number of aromatic hydroxyl groups is 1. The Morgan fingerprint density at radius 3 is 2.38 bits per heavy atom. The number of hydroxylamine groups is 1. The van der Waals surface area contributed by atoms with Crippen molar-refractivity contribution in [1.29, 1.82) is 0 Å². The summed E-state index contributed by atoms with van der Waals surface area (Å²) in [5, 5.41) is 12.0. The lowest BCUT2D eigenvalue weighted by Crippen LogP contribution is -2.37. The van der Waals surface area contributed by atoms with E-state index in [9.17, 15) is 14.7 Å². The molecule has 2 aliphatic heterocycles. The van der Waals surface area contributed by atoms with Crippen molar-refractivity contribution in [3.8, 4) is 11.5 Å². The van der Waals surface area contributed by atoms with Gasteiger partial charge in [-0.25, -0.2) is 9.96 Å². The van der Waals surface area contributed by atoms with Gasteiger partial charge in [-0.3, -0.25) is 14.4 Å². The summed E-state index contributed by atoms with van der Waals surface area (Å²) in [4.78, 5) is 34.5. The highest BCUT2D eigenvalue weighted by molar-refractivity contribution is 9.10. The fourth-order valence-electron chi connectivity index (χ4n) is 4.53. The van der Waals surface area contributed by atoms with Crippen LogP contribution in [0.2, 0.25) is 0 Å². The number of hydrogen-bond acceptors (Lipinski definition) is 6. The average Bonchev–Trinajstić information content (AvgIpc) is 3.34.